The first-order valence-electron chi connectivity index (χ1n) is 6.35. The number of para-hydroxylation sites is 1. The molecule has 7 heteroatoms. The minimum absolute atomic E-state index is 0.198. The lowest BCUT2D eigenvalue weighted by Gasteiger charge is -2.07. The van der Waals surface area contributed by atoms with Crippen LogP contribution in [0.25, 0.3) is 10.2 Å². The fourth-order valence-corrected chi connectivity index (χ4v) is 3.17. The third kappa shape index (κ3) is 3.41. The first kappa shape index (κ1) is 14.9. The number of rotatable bonds is 2. The van der Waals surface area contributed by atoms with Gasteiger partial charge in [0.1, 0.15) is 0 Å². The zero-order valence-electron chi connectivity index (χ0n) is 11.2. The fourth-order valence-electron chi connectivity index (χ4n) is 1.86. The van der Waals surface area contributed by atoms with Gasteiger partial charge in [-0.05, 0) is 42.5 Å². The van der Waals surface area contributed by atoms with Crippen LogP contribution in [0.15, 0.2) is 48.5 Å². The molecule has 0 saturated carbocycles. The molecule has 4 nitrogen and oxygen atoms in total. The first-order valence-corrected chi connectivity index (χ1v) is 7.95. The van der Waals surface area contributed by atoms with Gasteiger partial charge in [-0.2, -0.15) is 0 Å². The van der Waals surface area contributed by atoms with Gasteiger partial charge < -0.3 is 5.32 Å². The Morgan fingerprint density at radius 3 is 2.77 bits per heavy atom. The Kier molecular flexibility index (Phi) is 4.33. The highest BCUT2D eigenvalue weighted by Crippen LogP contribution is 2.25. The minimum Gasteiger partial charge on any atom is -0.308 e. The van der Waals surface area contributed by atoms with Gasteiger partial charge in [-0.3, -0.25) is 10.1 Å². The van der Waals surface area contributed by atoms with Gasteiger partial charge in [0, 0.05) is 10.6 Å². The molecular weight excluding hydrogens is 338 g/mol. The molecule has 0 saturated heterocycles. The van der Waals surface area contributed by atoms with E-state index >= 15 is 0 Å². The van der Waals surface area contributed by atoms with Crippen LogP contribution in [0.4, 0.5) is 5.13 Å². The monoisotopic (exact) mass is 347 g/mol. The minimum atomic E-state index is -0.318. The molecule has 110 valence electrons. The number of nitrogens with one attached hydrogen (secondary N) is 2. The summed E-state index contributed by atoms with van der Waals surface area (Å²) < 4.78 is 1.05. The second kappa shape index (κ2) is 6.39. The molecule has 0 atom stereocenters. The van der Waals surface area contributed by atoms with Gasteiger partial charge in [-0.15, -0.1) is 0 Å². The Bertz CT molecular complexity index is 830. The molecule has 2 aromatic carbocycles. The van der Waals surface area contributed by atoms with Crippen molar-refractivity contribution in [2.24, 2.45) is 0 Å². The molecule has 0 aliphatic rings. The Labute approximate surface area is 141 Å². The van der Waals surface area contributed by atoms with E-state index in [1.54, 1.807) is 24.3 Å². The van der Waals surface area contributed by atoms with Gasteiger partial charge >= 0.3 is 0 Å². The largest absolute Gasteiger partial charge is 0.308 e. The molecule has 0 bridgehead atoms. The van der Waals surface area contributed by atoms with Gasteiger partial charge in [0.25, 0.3) is 5.91 Å². The highest BCUT2D eigenvalue weighted by Gasteiger charge is 2.10. The number of aromatic nitrogens is 1. The van der Waals surface area contributed by atoms with Crippen molar-refractivity contribution in [3.05, 3.63) is 59.1 Å². The maximum atomic E-state index is 12.1. The van der Waals surface area contributed by atoms with E-state index in [9.17, 15) is 4.79 Å². The highest BCUT2D eigenvalue weighted by atomic mass is 35.5. The van der Waals surface area contributed by atoms with E-state index in [0.717, 1.165) is 10.2 Å². The summed E-state index contributed by atoms with van der Waals surface area (Å²) in [5, 5.41) is 6.86. The molecule has 0 aliphatic carbocycles. The van der Waals surface area contributed by atoms with Crippen molar-refractivity contribution in [2.75, 3.05) is 5.32 Å². The summed E-state index contributed by atoms with van der Waals surface area (Å²) in [4.78, 5) is 16.4. The van der Waals surface area contributed by atoms with Crippen LogP contribution in [0.3, 0.4) is 0 Å². The molecule has 0 unspecified atom stereocenters. The summed E-state index contributed by atoms with van der Waals surface area (Å²) in [5.41, 5.74) is 1.33. The van der Waals surface area contributed by atoms with Gasteiger partial charge in [-0.1, -0.05) is 41.1 Å². The van der Waals surface area contributed by atoms with Crippen molar-refractivity contribution in [3.8, 4) is 0 Å². The third-order valence-corrected chi connectivity index (χ3v) is 4.22. The summed E-state index contributed by atoms with van der Waals surface area (Å²) in [6.07, 6.45) is 0. The van der Waals surface area contributed by atoms with Crippen LogP contribution in [0.2, 0.25) is 5.02 Å². The highest BCUT2D eigenvalue weighted by molar-refractivity contribution is 7.80. The summed E-state index contributed by atoms with van der Waals surface area (Å²) in [7, 11) is 0. The lowest BCUT2D eigenvalue weighted by Crippen LogP contribution is -2.34. The molecule has 0 fully saturated rings. The van der Waals surface area contributed by atoms with Crippen molar-refractivity contribution in [3.63, 3.8) is 0 Å². The molecule has 0 spiro atoms. The summed E-state index contributed by atoms with van der Waals surface area (Å²) in [6.45, 7) is 0. The SMILES string of the molecule is O=C(NC(=S)Nc1nc2ccccc2s1)c1cccc(Cl)c1. The van der Waals surface area contributed by atoms with Crippen molar-refractivity contribution in [1.82, 2.24) is 10.3 Å². The molecule has 1 aromatic heterocycles. The van der Waals surface area contributed by atoms with Gasteiger partial charge in [0.05, 0.1) is 10.2 Å². The zero-order valence-corrected chi connectivity index (χ0v) is 13.6. The molecule has 2 N–H and O–H groups in total. The first-order chi connectivity index (χ1) is 10.6. The normalized spacial score (nSPS) is 10.4. The van der Waals surface area contributed by atoms with Crippen LogP contribution in [0.1, 0.15) is 10.4 Å². The lowest BCUT2D eigenvalue weighted by molar-refractivity contribution is 0.0977. The number of hydrogen-bond acceptors (Lipinski definition) is 4. The third-order valence-electron chi connectivity index (χ3n) is 2.83. The second-order valence-corrected chi connectivity index (χ2v) is 6.28. The van der Waals surface area contributed by atoms with Crippen molar-refractivity contribution in [1.29, 1.82) is 0 Å². The van der Waals surface area contributed by atoms with Gasteiger partial charge in [-0.25, -0.2) is 4.98 Å². The fraction of sp³-hybridized carbons (Fsp3) is 0. The van der Waals surface area contributed by atoms with E-state index in [4.69, 9.17) is 23.8 Å². The summed E-state index contributed by atoms with van der Waals surface area (Å²) in [6, 6.07) is 14.4. The smallest absolute Gasteiger partial charge is 0.257 e. The Morgan fingerprint density at radius 2 is 2.00 bits per heavy atom. The van der Waals surface area contributed by atoms with Crippen LogP contribution in [-0.2, 0) is 0 Å². The number of benzene rings is 2. The maximum Gasteiger partial charge on any atom is 0.257 e. The summed E-state index contributed by atoms with van der Waals surface area (Å²) >= 11 is 12.5. The molecule has 0 aliphatic heterocycles. The van der Waals surface area contributed by atoms with E-state index in [0.29, 0.717) is 15.7 Å². The standard InChI is InChI=1S/C15H10ClN3OS2/c16-10-5-3-4-9(8-10)13(20)18-14(21)19-15-17-11-6-1-2-7-12(11)22-15/h1-8H,(H2,17,18,19,20,21). The molecule has 3 rings (SSSR count). The van der Waals surface area contributed by atoms with E-state index in [1.165, 1.54) is 11.3 Å². The Hall–Kier alpha value is -2.02. The van der Waals surface area contributed by atoms with E-state index < -0.39 is 0 Å². The average molecular weight is 348 g/mol. The average Bonchev–Trinajstić information content (AvgIpc) is 2.89. The van der Waals surface area contributed by atoms with E-state index in [-0.39, 0.29) is 11.0 Å². The number of carbonyl (C=O) groups excluding carboxylic acids is 1. The van der Waals surface area contributed by atoms with Crippen molar-refractivity contribution < 1.29 is 4.79 Å². The van der Waals surface area contributed by atoms with Crippen LogP contribution < -0.4 is 10.6 Å². The maximum absolute atomic E-state index is 12.1. The number of amides is 1. The number of thiocarbonyl (C=S) groups is 1. The number of fused-ring (bicyclic) bond motifs is 1. The topological polar surface area (TPSA) is 54.0 Å². The predicted molar refractivity (Wildman–Crippen MR) is 94.8 cm³/mol. The molecule has 1 heterocycles. The van der Waals surface area contributed by atoms with Crippen molar-refractivity contribution >= 4 is 61.5 Å². The number of thiazole rings is 1. The van der Waals surface area contributed by atoms with Gasteiger partial charge in [0.2, 0.25) is 0 Å². The molecule has 0 radical (unpaired) electrons. The zero-order chi connectivity index (χ0) is 15.5. The number of hydrogen-bond donors (Lipinski definition) is 2. The molecule has 1 amide bonds. The van der Waals surface area contributed by atoms with E-state index in [1.807, 2.05) is 24.3 Å². The summed E-state index contributed by atoms with van der Waals surface area (Å²) in [5.74, 6) is -0.318. The van der Waals surface area contributed by atoms with Crippen LogP contribution in [-0.4, -0.2) is 16.0 Å². The molecular formula is C15H10ClN3OS2. The molecule has 22 heavy (non-hydrogen) atoms. The van der Waals surface area contributed by atoms with Gasteiger partial charge in [0.15, 0.2) is 10.2 Å². The predicted octanol–water partition coefficient (Wildman–Crippen LogP) is 4.08. The van der Waals surface area contributed by atoms with E-state index in [2.05, 4.69) is 15.6 Å². The Morgan fingerprint density at radius 1 is 1.18 bits per heavy atom. The molecule has 3 aromatic rings. The number of carbonyl (C=O) groups is 1. The van der Waals surface area contributed by atoms with Crippen LogP contribution in [0.5, 0.6) is 0 Å². The lowest BCUT2D eigenvalue weighted by atomic mass is 10.2. The second-order valence-electron chi connectivity index (χ2n) is 4.41. The van der Waals surface area contributed by atoms with Crippen molar-refractivity contribution in [2.45, 2.75) is 0 Å². The number of anilines is 1. The Balaban J connectivity index is 1.68. The van der Waals surface area contributed by atoms with Crippen LogP contribution >= 0.6 is 35.2 Å². The quantitative estimate of drug-likeness (QED) is 0.686. The number of nitrogens with zero attached hydrogens (tertiary/aromatic N) is 1. The van der Waals surface area contributed by atoms with Crippen LogP contribution in [0, 0.1) is 0 Å². The number of halogens is 1.